The molecule has 0 aromatic carbocycles. The molecule has 0 saturated heterocycles. The van der Waals surface area contributed by atoms with Crippen LogP contribution in [0, 0.1) is 0 Å². The standard InChI is InChI=1S/C6H6BrNO2/c1-10-6-2-5(9)4(7)3-8-6/h2-3H,1H3,(H,8,9). The van der Waals surface area contributed by atoms with Crippen LogP contribution in [0.25, 0.3) is 0 Å². The summed E-state index contributed by atoms with van der Waals surface area (Å²) in [6.07, 6.45) is 1.54. The normalized spacial score (nSPS) is 9.40. The second-order valence-corrected chi connectivity index (χ2v) is 2.57. The fraction of sp³-hybridized carbons (Fsp3) is 0.167. The molecule has 0 bridgehead atoms. The number of hydrogen-bond donors (Lipinski definition) is 1. The number of nitrogens with one attached hydrogen (secondary N) is 1. The number of methoxy groups -OCH3 is 1. The molecule has 4 heteroatoms. The summed E-state index contributed by atoms with van der Waals surface area (Å²) in [7, 11) is 1.50. The van der Waals surface area contributed by atoms with E-state index in [0.29, 0.717) is 10.4 Å². The van der Waals surface area contributed by atoms with Gasteiger partial charge in [0.25, 0.3) is 0 Å². The van der Waals surface area contributed by atoms with Crippen molar-refractivity contribution in [2.45, 2.75) is 0 Å². The van der Waals surface area contributed by atoms with Crippen molar-refractivity contribution in [2.24, 2.45) is 0 Å². The highest BCUT2D eigenvalue weighted by Crippen LogP contribution is 2.05. The van der Waals surface area contributed by atoms with Crippen molar-refractivity contribution in [3.05, 3.63) is 27.0 Å². The zero-order chi connectivity index (χ0) is 7.56. The topological polar surface area (TPSA) is 42.1 Å². The van der Waals surface area contributed by atoms with Crippen LogP contribution in [0.1, 0.15) is 0 Å². The van der Waals surface area contributed by atoms with E-state index in [0.717, 1.165) is 0 Å². The fourth-order valence-electron chi connectivity index (χ4n) is 0.553. The third-order valence-electron chi connectivity index (χ3n) is 1.06. The number of H-pyrrole nitrogens is 1. The molecule has 0 fully saturated rings. The molecule has 10 heavy (non-hydrogen) atoms. The van der Waals surface area contributed by atoms with Crippen molar-refractivity contribution in [3.63, 3.8) is 0 Å². The molecular weight excluding hydrogens is 198 g/mol. The second-order valence-electron chi connectivity index (χ2n) is 1.71. The zero-order valence-electron chi connectivity index (χ0n) is 5.35. The van der Waals surface area contributed by atoms with Gasteiger partial charge in [-0.25, -0.2) is 0 Å². The van der Waals surface area contributed by atoms with E-state index in [1.807, 2.05) is 0 Å². The van der Waals surface area contributed by atoms with Crippen LogP contribution in [0.2, 0.25) is 0 Å². The first-order valence-corrected chi connectivity index (χ1v) is 3.45. The van der Waals surface area contributed by atoms with Gasteiger partial charge in [-0.3, -0.25) is 4.79 Å². The maximum absolute atomic E-state index is 10.9. The fourth-order valence-corrected chi connectivity index (χ4v) is 0.782. The summed E-state index contributed by atoms with van der Waals surface area (Å²) in [4.78, 5) is 13.6. The van der Waals surface area contributed by atoms with Crippen LogP contribution in [-0.4, -0.2) is 12.1 Å². The molecule has 1 aromatic rings. The molecule has 0 radical (unpaired) electrons. The number of pyridine rings is 1. The maximum atomic E-state index is 10.9. The maximum Gasteiger partial charge on any atom is 0.199 e. The van der Waals surface area contributed by atoms with Crippen LogP contribution in [0.15, 0.2) is 21.5 Å². The molecule has 1 N–H and O–H groups in total. The highest BCUT2D eigenvalue weighted by Gasteiger charge is 1.95. The molecule has 54 valence electrons. The van der Waals surface area contributed by atoms with E-state index in [9.17, 15) is 4.79 Å². The van der Waals surface area contributed by atoms with Gasteiger partial charge in [0.2, 0.25) is 0 Å². The first-order chi connectivity index (χ1) is 4.74. The molecule has 1 heterocycles. The van der Waals surface area contributed by atoms with Crippen molar-refractivity contribution < 1.29 is 4.74 Å². The van der Waals surface area contributed by atoms with Crippen LogP contribution in [0.5, 0.6) is 5.88 Å². The Morgan fingerprint density at radius 3 is 2.90 bits per heavy atom. The predicted octanol–water partition coefficient (Wildman–Crippen LogP) is 1.15. The Labute approximate surface area is 66.2 Å². The predicted molar refractivity (Wildman–Crippen MR) is 41.3 cm³/mol. The van der Waals surface area contributed by atoms with Gasteiger partial charge in [0.15, 0.2) is 11.3 Å². The largest absolute Gasteiger partial charge is 0.482 e. The average Bonchev–Trinajstić information content (AvgIpc) is 1.95. The lowest BCUT2D eigenvalue weighted by Gasteiger charge is -1.96. The Kier molecular flexibility index (Phi) is 2.11. The molecule has 3 nitrogen and oxygen atoms in total. The lowest BCUT2D eigenvalue weighted by Crippen LogP contribution is -2.01. The third-order valence-corrected chi connectivity index (χ3v) is 1.68. The van der Waals surface area contributed by atoms with E-state index in [2.05, 4.69) is 20.9 Å². The Morgan fingerprint density at radius 2 is 2.40 bits per heavy atom. The summed E-state index contributed by atoms with van der Waals surface area (Å²) >= 11 is 3.06. The van der Waals surface area contributed by atoms with Gasteiger partial charge in [0.1, 0.15) is 0 Å². The first kappa shape index (κ1) is 7.34. The van der Waals surface area contributed by atoms with Gasteiger partial charge in [-0.2, -0.15) is 0 Å². The third kappa shape index (κ3) is 1.39. The van der Waals surface area contributed by atoms with Crippen molar-refractivity contribution >= 4 is 15.9 Å². The van der Waals surface area contributed by atoms with E-state index in [1.54, 1.807) is 6.20 Å². The summed E-state index contributed by atoms with van der Waals surface area (Å²) in [6, 6.07) is 1.38. The van der Waals surface area contributed by atoms with Crippen LogP contribution in [0.3, 0.4) is 0 Å². The Bertz CT molecular complexity index is 281. The monoisotopic (exact) mass is 203 g/mol. The number of halogens is 1. The van der Waals surface area contributed by atoms with Crippen LogP contribution in [-0.2, 0) is 0 Å². The van der Waals surface area contributed by atoms with E-state index < -0.39 is 0 Å². The van der Waals surface area contributed by atoms with Gasteiger partial charge in [-0.15, -0.1) is 0 Å². The minimum Gasteiger partial charge on any atom is -0.482 e. The van der Waals surface area contributed by atoms with Gasteiger partial charge in [0, 0.05) is 12.3 Å². The van der Waals surface area contributed by atoms with Gasteiger partial charge in [-0.05, 0) is 15.9 Å². The number of hydrogen-bond acceptors (Lipinski definition) is 2. The Balaban J connectivity index is 3.17. The Hall–Kier alpha value is -0.770. The summed E-state index contributed by atoms with van der Waals surface area (Å²) < 4.78 is 5.28. The lowest BCUT2D eigenvalue weighted by molar-refractivity contribution is 0.397. The molecule has 0 atom stereocenters. The molecule has 0 aliphatic carbocycles. The van der Waals surface area contributed by atoms with Crippen LogP contribution < -0.4 is 10.2 Å². The van der Waals surface area contributed by atoms with Crippen molar-refractivity contribution in [1.29, 1.82) is 0 Å². The molecular formula is C6H6BrNO2. The molecule has 1 rings (SSSR count). The molecule has 0 saturated carbocycles. The van der Waals surface area contributed by atoms with Crippen molar-refractivity contribution in [1.82, 2.24) is 4.98 Å². The molecule has 0 unspecified atom stereocenters. The van der Waals surface area contributed by atoms with Gasteiger partial charge >= 0.3 is 0 Å². The van der Waals surface area contributed by atoms with E-state index in [1.165, 1.54) is 13.2 Å². The highest BCUT2D eigenvalue weighted by atomic mass is 79.9. The van der Waals surface area contributed by atoms with Crippen molar-refractivity contribution in [3.8, 4) is 5.88 Å². The Morgan fingerprint density at radius 1 is 1.70 bits per heavy atom. The molecule has 0 spiro atoms. The SMILES string of the molecule is COc1cc(=O)c(Br)c[nH]1. The molecule has 0 aliphatic heterocycles. The van der Waals surface area contributed by atoms with Crippen LogP contribution in [0.4, 0.5) is 0 Å². The van der Waals surface area contributed by atoms with E-state index in [4.69, 9.17) is 4.74 Å². The molecule has 0 aliphatic rings. The number of aromatic nitrogens is 1. The summed E-state index contributed by atoms with van der Waals surface area (Å²) in [5.74, 6) is 0.466. The average molecular weight is 204 g/mol. The number of ether oxygens (including phenoxy) is 1. The lowest BCUT2D eigenvalue weighted by atomic mass is 10.5. The van der Waals surface area contributed by atoms with Gasteiger partial charge in [-0.1, -0.05) is 0 Å². The highest BCUT2D eigenvalue weighted by molar-refractivity contribution is 9.10. The minimum absolute atomic E-state index is 0.0874. The van der Waals surface area contributed by atoms with Gasteiger partial charge < -0.3 is 9.72 Å². The summed E-state index contributed by atoms with van der Waals surface area (Å²) in [5, 5.41) is 0. The van der Waals surface area contributed by atoms with Crippen LogP contribution >= 0.6 is 15.9 Å². The summed E-state index contributed by atoms with van der Waals surface area (Å²) in [5.41, 5.74) is -0.0874. The smallest absolute Gasteiger partial charge is 0.199 e. The quantitative estimate of drug-likeness (QED) is 0.745. The van der Waals surface area contributed by atoms with E-state index >= 15 is 0 Å². The zero-order valence-corrected chi connectivity index (χ0v) is 6.94. The minimum atomic E-state index is -0.0874. The second kappa shape index (κ2) is 2.88. The molecule has 1 aromatic heterocycles. The van der Waals surface area contributed by atoms with Crippen molar-refractivity contribution in [2.75, 3.05) is 7.11 Å². The van der Waals surface area contributed by atoms with E-state index in [-0.39, 0.29) is 5.43 Å². The number of rotatable bonds is 1. The summed E-state index contributed by atoms with van der Waals surface area (Å²) in [6.45, 7) is 0. The number of aromatic amines is 1. The van der Waals surface area contributed by atoms with Gasteiger partial charge in [0.05, 0.1) is 11.6 Å². The first-order valence-electron chi connectivity index (χ1n) is 2.66. The molecule has 0 amide bonds.